The number of imide groups is 1. The fourth-order valence-corrected chi connectivity index (χ4v) is 2.64. The van der Waals surface area contributed by atoms with Crippen molar-refractivity contribution in [1.82, 2.24) is 4.90 Å². The van der Waals surface area contributed by atoms with Gasteiger partial charge in [0.1, 0.15) is 6.61 Å². The van der Waals surface area contributed by atoms with Crippen LogP contribution in [0.4, 0.5) is 4.79 Å². The summed E-state index contributed by atoms with van der Waals surface area (Å²) >= 11 is 0. The van der Waals surface area contributed by atoms with Gasteiger partial charge in [0.25, 0.3) is 0 Å². The fourth-order valence-electron chi connectivity index (χ4n) is 2.64. The van der Waals surface area contributed by atoms with Gasteiger partial charge in [0.2, 0.25) is 5.91 Å². The van der Waals surface area contributed by atoms with Crippen LogP contribution in [0.3, 0.4) is 0 Å². The average molecular weight is 311 g/mol. The van der Waals surface area contributed by atoms with Crippen molar-refractivity contribution in [1.29, 1.82) is 0 Å². The minimum absolute atomic E-state index is 0.118. The van der Waals surface area contributed by atoms with E-state index in [2.05, 4.69) is 13.5 Å². The van der Waals surface area contributed by atoms with Crippen molar-refractivity contribution in [3.05, 3.63) is 12.2 Å². The maximum absolute atomic E-state index is 12.6. The monoisotopic (exact) mass is 311 g/mol. The third-order valence-corrected chi connectivity index (χ3v) is 4.30. The number of ether oxygens (including phenoxy) is 1. The lowest BCUT2D eigenvalue weighted by atomic mass is 9.92. The number of unbranched alkanes of at least 4 members (excludes halogenated alkanes) is 2. The molecule has 1 aliphatic rings. The SMILES string of the molecule is C=C(CCCCC)C(O)C(C)C(=O)N1C(=O)OCC1C(C)C. The first kappa shape index (κ1) is 18.7. The average Bonchev–Trinajstić information content (AvgIpc) is 2.87. The molecule has 5 nitrogen and oxygen atoms in total. The van der Waals surface area contributed by atoms with E-state index in [1.807, 2.05) is 13.8 Å². The Balaban J connectivity index is 2.70. The Morgan fingerprint density at radius 2 is 2.05 bits per heavy atom. The summed E-state index contributed by atoms with van der Waals surface area (Å²) in [5.41, 5.74) is 0.656. The number of cyclic esters (lactones) is 1. The van der Waals surface area contributed by atoms with Gasteiger partial charge in [-0.25, -0.2) is 9.69 Å². The highest BCUT2D eigenvalue weighted by Crippen LogP contribution is 2.25. The van der Waals surface area contributed by atoms with Gasteiger partial charge < -0.3 is 9.84 Å². The topological polar surface area (TPSA) is 66.8 Å². The summed E-state index contributed by atoms with van der Waals surface area (Å²) < 4.78 is 4.99. The van der Waals surface area contributed by atoms with Crippen LogP contribution in [-0.4, -0.2) is 40.8 Å². The van der Waals surface area contributed by atoms with E-state index in [0.717, 1.165) is 24.2 Å². The van der Waals surface area contributed by atoms with E-state index in [4.69, 9.17) is 4.74 Å². The van der Waals surface area contributed by atoms with Crippen molar-refractivity contribution < 1.29 is 19.4 Å². The quantitative estimate of drug-likeness (QED) is 0.552. The summed E-state index contributed by atoms with van der Waals surface area (Å²) in [6, 6.07) is -0.261. The smallest absolute Gasteiger partial charge is 0.416 e. The zero-order chi connectivity index (χ0) is 16.9. The highest BCUT2D eigenvalue weighted by molar-refractivity contribution is 5.95. The number of aliphatic hydroxyl groups excluding tert-OH is 1. The lowest BCUT2D eigenvalue weighted by Gasteiger charge is -2.28. The lowest BCUT2D eigenvalue weighted by molar-refractivity contribution is -0.136. The number of amides is 2. The van der Waals surface area contributed by atoms with Gasteiger partial charge in [0, 0.05) is 0 Å². The molecule has 0 radical (unpaired) electrons. The molecule has 3 atom stereocenters. The molecule has 3 unspecified atom stereocenters. The van der Waals surface area contributed by atoms with Crippen LogP contribution in [0.2, 0.25) is 0 Å². The van der Waals surface area contributed by atoms with Crippen LogP contribution in [0.5, 0.6) is 0 Å². The van der Waals surface area contributed by atoms with Crippen LogP contribution < -0.4 is 0 Å². The van der Waals surface area contributed by atoms with E-state index in [9.17, 15) is 14.7 Å². The van der Waals surface area contributed by atoms with Crippen LogP contribution >= 0.6 is 0 Å². The van der Waals surface area contributed by atoms with E-state index < -0.39 is 18.1 Å². The molecule has 5 heteroatoms. The number of carbonyl (C=O) groups excluding carboxylic acids is 2. The predicted molar refractivity (Wildman–Crippen MR) is 85.3 cm³/mol. The van der Waals surface area contributed by atoms with E-state index in [0.29, 0.717) is 12.0 Å². The standard InChI is InChI=1S/C17H29NO4/c1-6-7-8-9-12(4)15(19)13(5)16(20)18-14(11(2)3)10-22-17(18)21/h11,13-15,19H,4,6-10H2,1-3,5H3. The first-order valence-corrected chi connectivity index (χ1v) is 8.16. The second kappa shape index (κ2) is 8.32. The van der Waals surface area contributed by atoms with Crippen molar-refractivity contribution in [3.8, 4) is 0 Å². The maximum atomic E-state index is 12.6. The third kappa shape index (κ3) is 4.32. The molecule has 0 aromatic carbocycles. The van der Waals surface area contributed by atoms with Gasteiger partial charge in [0.15, 0.2) is 0 Å². The van der Waals surface area contributed by atoms with E-state index >= 15 is 0 Å². The Hall–Kier alpha value is -1.36. The molecule has 0 spiro atoms. The van der Waals surface area contributed by atoms with E-state index in [-0.39, 0.29) is 24.5 Å². The molecular formula is C17H29NO4. The fraction of sp³-hybridized carbons (Fsp3) is 0.765. The predicted octanol–water partition coefficient (Wildman–Crippen LogP) is 3.12. The largest absolute Gasteiger partial charge is 0.447 e. The Labute approximate surface area is 133 Å². The number of carbonyl (C=O) groups is 2. The minimum atomic E-state index is -0.925. The molecule has 0 aromatic rings. The molecule has 0 bridgehead atoms. The third-order valence-electron chi connectivity index (χ3n) is 4.30. The molecule has 0 saturated carbocycles. The Morgan fingerprint density at radius 1 is 1.41 bits per heavy atom. The second-order valence-corrected chi connectivity index (χ2v) is 6.45. The van der Waals surface area contributed by atoms with Gasteiger partial charge in [-0.3, -0.25) is 4.79 Å². The first-order valence-electron chi connectivity index (χ1n) is 8.16. The molecule has 0 aliphatic carbocycles. The second-order valence-electron chi connectivity index (χ2n) is 6.45. The van der Waals surface area contributed by atoms with Crippen LogP contribution in [0.15, 0.2) is 12.2 Å². The van der Waals surface area contributed by atoms with Gasteiger partial charge in [-0.1, -0.05) is 47.1 Å². The van der Waals surface area contributed by atoms with Gasteiger partial charge in [-0.2, -0.15) is 0 Å². The number of hydrogen-bond acceptors (Lipinski definition) is 4. The van der Waals surface area contributed by atoms with Gasteiger partial charge in [-0.15, -0.1) is 0 Å². The number of nitrogens with zero attached hydrogens (tertiary/aromatic N) is 1. The summed E-state index contributed by atoms with van der Waals surface area (Å²) in [7, 11) is 0. The van der Waals surface area contributed by atoms with Crippen LogP contribution in [0, 0.1) is 11.8 Å². The summed E-state index contributed by atoms with van der Waals surface area (Å²) in [6.07, 6.45) is 2.28. The molecule has 1 saturated heterocycles. The molecule has 126 valence electrons. The molecule has 2 amide bonds. The van der Waals surface area contributed by atoms with Crippen molar-refractivity contribution in [2.75, 3.05) is 6.61 Å². The van der Waals surface area contributed by atoms with Crippen LogP contribution in [-0.2, 0) is 9.53 Å². The Kier molecular flexibility index (Phi) is 7.07. The molecule has 0 aromatic heterocycles. The first-order chi connectivity index (χ1) is 10.3. The number of aliphatic hydroxyl groups is 1. The summed E-state index contributed by atoms with van der Waals surface area (Å²) in [5, 5.41) is 10.3. The molecule has 1 N–H and O–H groups in total. The number of rotatable bonds is 8. The molecule has 22 heavy (non-hydrogen) atoms. The number of hydrogen-bond donors (Lipinski definition) is 1. The Bertz CT molecular complexity index is 419. The van der Waals surface area contributed by atoms with Crippen molar-refractivity contribution in [2.45, 2.75) is 65.5 Å². The highest BCUT2D eigenvalue weighted by atomic mass is 16.6. The molecular weight excluding hydrogens is 282 g/mol. The molecule has 1 aliphatic heterocycles. The van der Waals surface area contributed by atoms with Gasteiger partial charge >= 0.3 is 6.09 Å². The molecule has 1 fully saturated rings. The molecule has 1 heterocycles. The normalized spacial score (nSPS) is 20.9. The zero-order valence-electron chi connectivity index (χ0n) is 14.2. The van der Waals surface area contributed by atoms with Crippen LogP contribution in [0.25, 0.3) is 0 Å². The summed E-state index contributed by atoms with van der Waals surface area (Å²) in [4.78, 5) is 25.6. The van der Waals surface area contributed by atoms with E-state index in [1.165, 1.54) is 0 Å². The van der Waals surface area contributed by atoms with Gasteiger partial charge in [0.05, 0.1) is 18.1 Å². The van der Waals surface area contributed by atoms with E-state index in [1.54, 1.807) is 6.92 Å². The minimum Gasteiger partial charge on any atom is -0.447 e. The highest BCUT2D eigenvalue weighted by Gasteiger charge is 2.42. The van der Waals surface area contributed by atoms with Crippen molar-refractivity contribution in [3.63, 3.8) is 0 Å². The maximum Gasteiger partial charge on any atom is 0.416 e. The summed E-state index contributed by atoms with van der Waals surface area (Å²) in [5.74, 6) is -0.959. The zero-order valence-corrected chi connectivity index (χ0v) is 14.2. The lowest BCUT2D eigenvalue weighted by Crippen LogP contribution is -2.47. The van der Waals surface area contributed by atoms with Crippen molar-refractivity contribution >= 4 is 12.0 Å². The van der Waals surface area contributed by atoms with Gasteiger partial charge in [-0.05, 0) is 24.3 Å². The summed E-state index contributed by atoms with van der Waals surface area (Å²) in [6.45, 7) is 11.7. The van der Waals surface area contributed by atoms with Crippen molar-refractivity contribution in [2.24, 2.45) is 11.8 Å². The Morgan fingerprint density at radius 3 is 2.59 bits per heavy atom. The van der Waals surface area contributed by atoms with Crippen LogP contribution in [0.1, 0.15) is 53.4 Å². The molecule has 1 rings (SSSR count).